The summed E-state index contributed by atoms with van der Waals surface area (Å²) in [5.41, 5.74) is 3.11. The summed E-state index contributed by atoms with van der Waals surface area (Å²) >= 11 is 3.49. The molecule has 0 saturated heterocycles. The molecule has 14 heavy (non-hydrogen) atoms. The molecule has 0 saturated carbocycles. The first kappa shape index (κ1) is 7.94. The van der Waals surface area contributed by atoms with E-state index >= 15 is 0 Å². The highest BCUT2D eigenvalue weighted by Gasteiger charge is 2.08. The van der Waals surface area contributed by atoms with Gasteiger partial charge < -0.3 is 0 Å². The molecule has 4 heteroatoms. The molecule has 0 aromatic carbocycles. The lowest BCUT2D eigenvalue weighted by molar-refractivity contribution is 1.33. The van der Waals surface area contributed by atoms with Crippen molar-refractivity contribution in [3.8, 4) is 0 Å². The van der Waals surface area contributed by atoms with Crippen LogP contribution in [0.15, 0.2) is 36.8 Å². The van der Waals surface area contributed by atoms with Gasteiger partial charge in [-0.05, 0) is 18.2 Å². The molecule has 3 rings (SSSR count). The summed E-state index contributed by atoms with van der Waals surface area (Å²) in [5.74, 6) is 0. The van der Waals surface area contributed by atoms with Crippen LogP contribution in [0.25, 0.3) is 21.9 Å². The van der Waals surface area contributed by atoms with Gasteiger partial charge in [-0.15, -0.1) is 0 Å². The van der Waals surface area contributed by atoms with Crippen LogP contribution < -0.4 is 0 Å². The molecule has 68 valence electrons. The standard InChI is InChI=1S/C10H6BrN3/c11-14-8-2-1-4-13-10(8)7-3-5-12-6-9(7)14/h1-6H. The predicted molar refractivity (Wildman–Crippen MR) is 59.4 cm³/mol. The first-order chi connectivity index (χ1) is 6.88. The van der Waals surface area contributed by atoms with Gasteiger partial charge in [0.25, 0.3) is 0 Å². The van der Waals surface area contributed by atoms with Crippen molar-refractivity contribution in [1.82, 2.24) is 13.6 Å². The van der Waals surface area contributed by atoms with E-state index in [0.29, 0.717) is 0 Å². The highest BCUT2D eigenvalue weighted by molar-refractivity contribution is 9.08. The Labute approximate surface area is 88.7 Å². The second-order valence-corrected chi connectivity index (χ2v) is 3.75. The van der Waals surface area contributed by atoms with E-state index in [-0.39, 0.29) is 0 Å². The average molecular weight is 248 g/mol. The number of pyridine rings is 2. The van der Waals surface area contributed by atoms with Crippen LogP contribution in [0.3, 0.4) is 0 Å². The molecule has 0 aliphatic heterocycles. The summed E-state index contributed by atoms with van der Waals surface area (Å²) in [7, 11) is 0. The molecule has 0 bridgehead atoms. The Bertz CT molecular complexity index is 562. The third-order valence-corrected chi connectivity index (χ3v) is 3.03. The van der Waals surface area contributed by atoms with Crippen molar-refractivity contribution in [2.24, 2.45) is 0 Å². The van der Waals surface area contributed by atoms with Crippen LogP contribution in [-0.2, 0) is 0 Å². The lowest BCUT2D eigenvalue weighted by Gasteiger charge is -1.91. The van der Waals surface area contributed by atoms with E-state index in [2.05, 4.69) is 26.1 Å². The molecule has 0 atom stereocenters. The summed E-state index contributed by atoms with van der Waals surface area (Å²) in [5, 5.41) is 1.12. The van der Waals surface area contributed by atoms with Gasteiger partial charge in [0.2, 0.25) is 0 Å². The zero-order valence-electron chi connectivity index (χ0n) is 7.18. The molecule has 3 aromatic rings. The van der Waals surface area contributed by atoms with Crippen molar-refractivity contribution >= 4 is 38.1 Å². The van der Waals surface area contributed by atoms with Gasteiger partial charge in [-0.1, -0.05) is 0 Å². The van der Waals surface area contributed by atoms with Crippen molar-refractivity contribution in [2.45, 2.75) is 0 Å². The van der Waals surface area contributed by atoms with Crippen LogP contribution in [0.5, 0.6) is 0 Å². The van der Waals surface area contributed by atoms with Gasteiger partial charge in [0.05, 0.1) is 38.9 Å². The fourth-order valence-corrected chi connectivity index (χ4v) is 2.20. The third kappa shape index (κ3) is 0.915. The number of halogens is 1. The fourth-order valence-electron chi connectivity index (χ4n) is 1.64. The highest BCUT2D eigenvalue weighted by atomic mass is 79.9. The molecular weight excluding hydrogens is 242 g/mol. The molecule has 0 N–H and O–H groups in total. The van der Waals surface area contributed by atoms with E-state index in [1.807, 2.05) is 28.0 Å². The molecule has 3 heterocycles. The maximum absolute atomic E-state index is 4.35. The van der Waals surface area contributed by atoms with Crippen molar-refractivity contribution < 1.29 is 0 Å². The largest absolute Gasteiger partial charge is 0.273 e. The second kappa shape index (κ2) is 2.78. The lowest BCUT2D eigenvalue weighted by Crippen LogP contribution is -1.78. The summed E-state index contributed by atoms with van der Waals surface area (Å²) < 4.78 is 1.93. The quantitative estimate of drug-likeness (QED) is 0.612. The minimum Gasteiger partial charge on any atom is -0.273 e. The summed E-state index contributed by atoms with van der Waals surface area (Å²) in [6.45, 7) is 0. The first-order valence-electron chi connectivity index (χ1n) is 4.23. The number of fused-ring (bicyclic) bond motifs is 3. The first-order valence-corrected chi connectivity index (χ1v) is 4.94. The van der Waals surface area contributed by atoms with E-state index in [0.717, 1.165) is 21.9 Å². The summed E-state index contributed by atoms with van der Waals surface area (Å²) in [6.07, 6.45) is 5.41. The monoisotopic (exact) mass is 247 g/mol. The van der Waals surface area contributed by atoms with Gasteiger partial charge in [0.1, 0.15) is 0 Å². The second-order valence-electron chi connectivity index (χ2n) is 3.04. The van der Waals surface area contributed by atoms with Crippen molar-refractivity contribution in [3.63, 3.8) is 0 Å². The molecule has 0 fully saturated rings. The topological polar surface area (TPSA) is 30.7 Å². The number of hydrogen-bond acceptors (Lipinski definition) is 2. The maximum atomic E-state index is 4.35. The fraction of sp³-hybridized carbons (Fsp3) is 0. The van der Waals surface area contributed by atoms with Crippen molar-refractivity contribution in [1.29, 1.82) is 0 Å². The average Bonchev–Trinajstić information content (AvgIpc) is 2.55. The van der Waals surface area contributed by atoms with Crippen LogP contribution in [-0.4, -0.2) is 13.6 Å². The number of rotatable bonds is 0. The molecule has 0 amide bonds. The van der Waals surface area contributed by atoms with Crippen molar-refractivity contribution in [2.75, 3.05) is 0 Å². The molecule has 0 aliphatic carbocycles. The zero-order valence-corrected chi connectivity index (χ0v) is 8.77. The molecule has 0 radical (unpaired) electrons. The van der Waals surface area contributed by atoms with Gasteiger partial charge in [-0.25, -0.2) is 0 Å². The number of aromatic nitrogens is 3. The Hall–Kier alpha value is -1.42. The Morgan fingerprint density at radius 1 is 1.14 bits per heavy atom. The van der Waals surface area contributed by atoms with E-state index < -0.39 is 0 Å². The number of hydrogen-bond donors (Lipinski definition) is 0. The summed E-state index contributed by atoms with van der Waals surface area (Å²) in [6, 6.07) is 5.92. The van der Waals surface area contributed by atoms with Gasteiger partial charge in [0, 0.05) is 17.8 Å². The van der Waals surface area contributed by atoms with Crippen molar-refractivity contribution in [3.05, 3.63) is 36.8 Å². The normalized spacial score (nSPS) is 11.2. The lowest BCUT2D eigenvalue weighted by atomic mass is 10.3. The van der Waals surface area contributed by atoms with E-state index in [4.69, 9.17) is 0 Å². The molecule has 0 unspecified atom stereocenters. The minimum absolute atomic E-state index is 1.00. The van der Waals surface area contributed by atoms with Gasteiger partial charge in [0.15, 0.2) is 0 Å². The van der Waals surface area contributed by atoms with E-state index in [1.54, 1.807) is 12.4 Å². The molecular formula is C10H6BrN3. The Kier molecular flexibility index (Phi) is 1.58. The van der Waals surface area contributed by atoms with Crippen LogP contribution in [0.2, 0.25) is 0 Å². The van der Waals surface area contributed by atoms with E-state index in [1.165, 1.54) is 0 Å². The highest BCUT2D eigenvalue weighted by Crippen LogP contribution is 2.27. The molecule has 3 nitrogen and oxygen atoms in total. The maximum Gasteiger partial charge on any atom is 0.0969 e. The molecule has 0 aliphatic rings. The predicted octanol–water partition coefficient (Wildman–Crippen LogP) is 2.74. The minimum atomic E-state index is 1.00. The SMILES string of the molecule is Brn1c2cnccc2c2ncccc21. The Morgan fingerprint density at radius 2 is 2.07 bits per heavy atom. The smallest absolute Gasteiger partial charge is 0.0969 e. The summed E-state index contributed by atoms with van der Waals surface area (Å²) in [4.78, 5) is 8.44. The third-order valence-electron chi connectivity index (χ3n) is 2.26. The van der Waals surface area contributed by atoms with Crippen LogP contribution >= 0.6 is 16.1 Å². The van der Waals surface area contributed by atoms with Gasteiger partial charge in [-0.3, -0.25) is 13.6 Å². The van der Waals surface area contributed by atoms with E-state index in [9.17, 15) is 0 Å². The molecule has 0 spiro atoms. The zero-order chi connectivity index (χ0) is 9.54. The van der Waals surface area contributed by atoms with Gasteiger partial charge in [-0.2, -0.15) is 0 Å². The van der Waals surface area contributed by atoms with Crippen LogP contribution in [0.1, 0.15) is 0 Å². The number of nitrogens with zero attached hydrogens (tertiary/aromatic N) is 3. The Balaban J connectivity index is 2.69. The van der Waals surface area contributed by atoms with Gasteiger partial charge >= 0.3 is 0 Å². The van der Waals surface area contributed by atoms with Crippen LogP contribution in [0, 0.1) is 0 Å². The molecule has 3 aromatic heterocycles. The van der Waals surface area contributed by atoms with Crippen LogP contribution in [0.4, 0.5) is 0 Å². The Morgan fingerprint density at radius 3 is 3.00 bits per heavy atom.